The summed E-state index contributed by atoms with van der Waals surface area (Å²) in [5.41, 5.74) is -1.38. The van der Waals surface area contributed by atoms with Crippen LogP contribution >= 0.6 is 34.5 Å². The second kappa shape index (κ2) is 11.3. The van der Waals surface area contributed by atoms with Crippen LogP contribution in [0.15, 0.2) is 48.5 Å². The van der Waals surface area contributed by atoms with E-state index in [1.165, 1.54) is 30.4 Å². The number of halogens is 5. The second-order valence-corrected chi connectivity index (χ2v) is 12.2. The molecule has 0 amide bonds. The Morgan fingerprint density at radius 2 is 1.55 bits per heavy atom. The number of carbonyl (C=O) groups excluding carboxylic acids is 1. The molecule has 0 spiro atoms. The third kappa shape index (κ3) is 7.30. The van der Waals surface area contributed by atoms with Crippen molar-refractivity contribution in [3.63, 3.8) is 0 Å². The fourth-order valence-electron chi connectivity index (χ4n) is 4.09. The summed E-state index contributed by atoms with van der Waals surface area (Å²) < 4.78 is 44.2. The molecule has 1 N–H and O–H groups in total. The van der Waals surface area contributed by atoms with Gasteiger partial charge < -0.3 is 9.84 Å². The minimum atomic E-state index is -4.41. The van der Waals surface area contributed by atoms with Crippen LogP contribution < -0.4 is 4.74 Å². The monoisotopic (exact) mass is 586 g/mol. The molecule has 1 aromatic heterocycles. The number of ether oxygens (including phenoxy) is 1. The van der Waals surface area contributed by atoms with Crippen LogP contribution in [-0.4, -0.2) is 22.5 Å². The number of aryl methyl sites for hydroxylation is 1. The van der Waals surface area contributed by atoms with E-state index in [2.05, 4.69) is 0 Å². The summed E-state index contributed by atoms with van der Waals surface area (Å²) in [6.07, 6.45) is -3.77. The fourth-order valence-corrected chi connectivity index (χ4v) is 5.54. The van der Waals surface area contributed by atoms with Gasteiger partial charge in [-0.25, -0.2) is 4.79 Å². The highest BCUT2D eigenvalue weighted by atomic mass is 35.5. The van der Waals surface area contributed by atoms with Crippen molar-refractivity contribution in [2.75, 3.05) is 0 Å². The van der Waals surface area contributed by atoms with Crippen molar-refractivity contribution < 1.29 is 32.6 Å². The minimum Gasteiger partial charge on any atom is -0.478 e. The van der Waals surface area contributed by atoms with E-state index >= 15 is 0 Å². The van der Waals surface area contributed by atoms with E-state index in [1.54, 1.807) is 24.3 Å². The zero-order valence-electron chi connectivity index (χ0n) is 21.2. The Kier molecular flexibility index (Phi) is 8.91. The van der Waals surface area contributed by atoms with Gasteiger partial charge in [-0.15, -0.1) is 11.3 Å². The topological polar surface area (TPSA) is 63.6 Å². The van der Waals surface area contributed by atoms with Gasteiger partial charge in [-0.05, 0) is 60.2 Å². The molecule has 10 heteroatoms. The van der Waals surface area contributed by atoms with Gasteiger partial charge in [-0.1, -0.05) is 62.2 Å². The van der Waals surface area contributed by atoms with E-state index in [1.807, 2.05) is 20.8 Å². The summed E-state index contributed by atoms with van der Waals surface area (Å²) in [7, 11) is 0. The summed E-state index contributed by atoms with van der Waals surface area (Å²) in [6.45, 7) is 7.21. The molecule has 0 radical (unpaired) electrons. The Bertz CT molecular complexity index is 1330. The van der Waals surface area contributed by atoms with Crippen LogP contribution in [-0.2, 0) is 17.4 Å². The first-order chi connectivity index (χ1) is 17.5. The number of carboxylic acids is 1. The molecule has 0 fully saturated rings. The van der Waals surface area contributed by atoms with Gasteiger partial charge in [0.2, 0.25) is 5.60 Å². The SMILES string of the molecule is CC(C)(C)CC(C)(Oc1ccc(CCC(=O)c2ccc(-c3ccc(C(F)(F)F)cc3)s2)c(Cl)c1Cl)C(=O)O. The van der Waals surface area contributed by atoms with Gasteiger partial charge >= 0.3 is 12.1 Å². The summed E-state index contributed by atoms with van der Waals surface area (Å²) in [4.78, 5) is 25.9. The molecule has 0 aliphatic carbocycles. The summed E-state index contributed by atoms with van der Waals surface area (Å²) in [5, 5.41) is 10.0. The maximum Gasteiger partial charge on any atom is 0.416 e. The Hall–Kier alpha value is -2.55. The lowest BCUT2D eigenvalue weighted by Gasteiger charge is -2.33. The van der Waals surface area contributed by atoms with Crippen molar-refractivity contribution in [1.82, 2.24) is 0 Å². The average molecular weight is 587 g/mol. The van der Waals surface area contributed by atoms with Crippen molar-refractivity contribution in [2.24, 2.45) is 5.41 Å². The van der Waals surface area contributed by atoms with E-state index in [-0.39, 0.29) is 46.3 Å². The average Bonchev–Trinajstić information content (AvgIpc) is 3.30. The molecule has 1 heterocycles. The maximum absolute atomic E-state index is 12.8. The number of alkyl halides is 3. The van der Waals surface area contributed by atoms with Crippen LogP contribution in [0.4, 0.5) is 13.2 Å². The Labute approximate surface area is 233 Å². The first kappa shape index (κ1) is 30.0. The number of carbonyl (C=O) groups is 2. The highest BCUT2D eigenvalue weighted by molar-refractivity contribution is 7.17. The molecule has 204 valence electrons. The molecule has 1 unspecified atom stereocenters. The van der Waals surface area contributed by atoms with Crippen LogP contribution in [0.1, 0.15) is 61.3 Å². The number of hydrogen-bond donors (Lipinski definition) is 1. The zero-order valence-corrected chi connectivity index (χ0v) is 23.5. The number of rotatable bonds is 9. The van der Waals surface area contributed by atoms with E-state index in [0.29, 0.717) is 20.9 Å². The third-order valence-electron chi connectivity index (χ3n) is 5.78. The van der Waals surface area contributed by atoms with E-state index in [9.17, 15) is 27.9 Å². The number of Topliss-reactive ketones (excluding diaryl/α,β-unsaturated/α-hetero) is 1. The smallest absolute Gasteiger partial charge is 0.416 e. The van der Waals surface area contributed by atoms with Crippen LogP contribution in [0.2, 0.25) is 10.0 Å². The molecule has 3 rings (SSSR count). The predicted octanol–water partition coefficient (Wildman–Crippen LogP) is 9.21. The van der Waals surface area contributed by atoms with Crippen molar-refractivity contribution in [3.8, 4) is 16.2 Å². The lowest BCUT2D eigenvalue weighted by Crippen LogP contribution is -2.44. The number of thiophene rings is 1. The Balaban J connectivity index is 1.70. The Morgan fingerprint density at radius 3 is 2.11 bits per heavy atom. The molecular weight excluding hydrogens is 560 g/mol. The van der Waals surface area contributed by atoms with Gasteiger partial charge in [0.05, 0.1) is 15.5 Å². The van der Waals surface area contributed by atoms with Crippen molar-refractivity contribution in [1.29, 1.82) is 0 Å². The summed E-state index contributed by atoms with van der Waals surface area (Å²) in [6, 6.07) is 11.3. The van der Waals surface area contributed by atoms with Gasteiger partial charge in [0, 0.05) is 17.7 Å². The summed E-state index contributed by atoms with van der Waals surface area (Å²) >= 11 is 14.1. The van der Waals surface area contributed by atoms with E-state index in [4.69, 9.17) is 27.9 Å². The number of ketones is 1. The highest BCUT2D eigenvalue weighted by Crippen LogP contribution is 2.40. The third-order valence-corrected chi connectivity index (χ3v) is 7.86. The molecular formula is C28H27Cl2F3O4S. The molecule has 0 saturated carbocycles. The normalized spacial score (nSPS) is 13.7. The van der Waals surface area contributed by atoms with Gasteiger partial charge in [0.25, 0.3) is 0 Å². The number of carboxylic acid groups (broad SMARTS) is 1. The molecule has 0 aliphatic heterocycles. The molecule has 3 aromatic rings. The fraction of sp³-hybridized carbons (Fsp3) is 0.357. The second-order valence-electron chi connectivity index (χ2n) is 10.4. The van der Waals surface area contributed by atoms with E-state index in [0.717, 1.165) is 12.1 Å². The molecule has 0 bridgehead atoms. The predicted molar refractivity (Wildman–Crippen MR) is 145 cm³/mol. The van der Waals surface area contributed by atoms with Gasteiger partial charge in [-0.2, -0.15) is 13.2 Å². The zero-order chi connectivity index (χ0) is 28.5. The first-order valence-electron chi connectivity index (χ1n) is 11.7. The minimum absolute atomic E-state index is 0.0683. The molecule has 0 saturated heterocycles. The van der Waals surface area contributed by atoms with Crippen LogP contribution in [0, 0.1) is 5.41 Å². The largest absolute Gasteiger partial charge is 0.478 e. The number of benzene rings is 2. The van der Waals surface area contributed by atoms with Crippen molar-refractivity contribution >= 4 is 46.3 Å². The van der Waals surface area contributed by atoms with Crippen LogP contribution in [0.25, 0.3) is 10.4 Å². The highest BCUT2D eigenvalue weighted by Gasteiger charge is 2.40. The first-order valence-corrected chi connectivity index (χ1v) is 13.3. The standard InChI is InChI=1S/C28H27Cl2F3O4S/c1-26(2,3)15-27(4,25(35)36)37-20-12-8-17(23(29)24(20)30)7-11-19(34)22-14-13-21(38-22)16-5-9-18(10-6-16)28(31,32)33/h5-6,8-10,12-14H,7,11,15H2,1-4H3,(H,35,36). The molecule has 0 aliphatic rings. The van der Waals surface area contributed by atoms with Gasteiger partial charge in [0.1, 0.15) is 10.8 Å². The van der Waals surface area contributed by atoms with Crippen LogP contribution in [0.3, 0.4) is 0 Å². The number of hydrogen-bond acceptors (Lipinski definition) is 4. The van der Waals surface area contributed by atoms with Gasteiger partial charge in [0.15, 0.2) is 5.78 Å². The lowest BCUT2D eigenvalue weighted by atomic mass is 9.82. The lowest BCUT2D eigenvalue weighted by molar-refractivity contribution is -0.156. The summed E-state index contributed by atoms with van der Waals surface area (Å²) in [5.74, 6) is -1.13. The molecule has 2 aromatic carbocycles. The van der Waals surface area contributed by atoms with Crippen molar-refractivity contribution in [3.05, 3.63) is 74.6 Å². The molecule has 4 nitrogen and oxygen atoms in total. The van der Waals surface area contributed by atoms with Crippen LogP contribution in [0.5, 0.6) is 5.75 Å². The van der Waals surface area contributed by atoms with Crippen molar-refractivity contribution in [2.45, 2.75) is 58.7 Å². The maximum atomic E-state index is 12.8. The molecule has 1 atom stereocenters. The van der Waals surface area contributed by atoms with E-state index < -0.39 is 23.3 Å². The quantitative estimate of drug-likeness (QED) is 0.254. The van der Waals surface area contributed by atoms with Gasteiger partial charge in [-0.3, -0.25) is 4.79 Å². The molecule has 38 heavy (non-hydrogen) atoms. The Morgan fingerprint density at radius 1 is 0.921 bits per heavy atom. The number of aliphatic carboxylic acids is 1.